The minimum absolute atomic E-state index is 0. The van der Waals surface area contributed by atoms with Crippen LogP contribution in [0.2, 0.25) is 0 Å². The summed E-state index contributed by atoms with van der Waals surface area (Å²) in [5.74, 6) is 0.398. The predicted molar refractivity (Wildman–Crippen MR) is 110 cm³/mol. The summed E-state index contributed by atoms with van der Waals surface area (Å²) in [5, 5.41) is 16.2. The Kier molecular flexibility index (Phi) is 8.53. The van der Waals surface area contributed by atoms with Crippen LogP contribution in [0, 0.1) is 13.8 Å². The molecule has 0 spiro atoms. The quantitative estimate of drug-likeness (QED) is 0.708. The van der Waals surface area contributed by atoms with Crippen molar-refractivity contribution in [2.45, 2.75) is 19.9 Å². The number of aromatic hydroxyl groups is 1. The number of benzene rings is 1. The summed E-state index contributed by atoms with van der Waals surface area (Å²) in [6, 6.07) is 6.25. The second-order valence-corrected chi connectivity index (χ2v) is 7.54. The largest absolute Gasteiger partial charge is 0.508 e. The summed E-state index contributed by atoms with van der Waals surface area (Å²) in [6.07, 6.45) is 0. The molecule has 0 bridgehead atoms. The number of halogens is 3. The van der Waals surface area contributed by atoms with E-state index in [9.17, 15) is 5.11 Å². The molecule has 7 heteroatoms. The second kappa shape index (κ2) is 9.41. The van der Waals surface area contributed by atoms with E-state index in [0.29, 0.717) is 5.75 Å². The molecule has 0 amide bonds. The summed E-state index contributed by atoms with van der Waals surface area (Å²) in [7, 11) is 0. The minimum atomic E-state index is 0. The van der Waals surface area contributed by atoms with Crippen LogP contribution in [0.25, 0.3) is 0 Å². The van der Waals surface area contributed by atoms with E-state index in [2.05, 4.69) is 50.6 Å². The van der Waals surface area contributed by atoms with Crippen molar-refractivity contribution in [2.24, 2.45) is 0 Å². The van der Waals surface area contributed by atoms with Gasteiger partial charge in [-0.05, 0) is 42.5 Å². The van der Waals surface area contributed by atoms with Crippen molar-refractivity contribution in [3.63, 3.8) is 0 Å². The SMILES string of the molecule is Cc1cc(O)c([C@@H](c2cccs2)N2CCNCC2)c(C)c1Br.Cl.Cl. The molecule has 3 nitrogen and oxygen atoms in total. The highest BCUT2D eigenvalue weighted by Gasteiger charge is 2.29. The Morgan fingerprint density at radius 1 is 1.25 bits per heavy atom. The normalized spacial score (nSPS) is 16.1. The lowest BCUT2D eigenvalue weighted by Gasteiger charge is -2.36. The Balaban J connectivity index is 0.00000144. The number of thiophene rings is 1. The molecule has 24 heavy (non-hydrogen) atoms. The fourth-order valence-corrected chi connectivity index (χ4v) is 4.38. The first-order valence-corrected chi connectivity index (χ1v) is 9.23. The minimum Gasteiger partial charge on any atom is -0.508 e. The lowest BCUT2D eigenvalue weighted by molar-refractivity contribution is 0.197. The fraction of sp³-hybridized carbons (Fsp3) is 0.412. The van der Waals surface area contributed by atoms with Crippen molar-refractivity contribution in [3.05, 3.63) is 49.6 Å². The zero-order chi connectivity index (χ0) is 15.7. The van der Waals surface area contributed by atoms with Crippen LogP contribution in [-0.2, 0) is 0 Å². The average Bonchev–Trinajstić information content (AvgIpc) is 3.04. The molecule has 0 radical (unpaired) electrons. The van der Waals surface area contributed by atoms with E-state index in [1.54, 1.807) is 11.3 Å². The van der Waals surface area contributed by atoms with Crippen LogP contribution in [0.5, 0.6) is 5.75 Å². The summed E-state index contributed by atoms with van der Waals surface area (Å²) in [6.45, 7) is 8.09. The molecule has 1 fully saturated rings. The third-order valence-electron chi connectivity index (χ3n) is 4.31. The lowest BCUT2D eigenvalue weighted by Crippen LogP contribution is -2.45. The van der Waals surface area contributed by atoms with Gasteiger partial charge in [0, 0.05) is 41.1 Å². The summed E-state index contributed by atoms with van der Waals surface area (Å²) < 4.78 is 1.09. The summed E-state index contributed by atoms with van der Waals surface area (Å²) >= 11 is 5.44. The molecule has 0 unspecified atom stereocenters. The Labute approximate surface area is 168 Å². The standard InChI is InChI=1S/C17H21BrN2OS.2ClH/c1-11-10-13(21)15(12(2)16(11)18)17(14-4-3-9-22-14)20-7-5-19-6-8-20;;/h3-4,9-10,17,19,21H,5-8H2,1-2H3;2*1H/t17-;;/m1../s1. The van der Waals surface area contributed by atoms with Crippen molar-refractivity contribution >= 4 is 52.1 Å². The lowest BCUT2D eigenvalue weighted by atomic mass is 9.95. The third-order valence-corrected chi connectivity index (χ3v) is 6.46. The number of rotatable bonds is 3. The van der Waals surface area contributed by atoms with E-state index in [4.69, 9.17) is 0 Å². The van der Waals surface area contributed by atoms with Crippen LogP contribution in [-0.4, -0.2) is 36.2 Å². The molecule has 0 aliphatic carbocycles. The molecule has 1 atom stereocenters. The highest BCUT2D eigenvalue weighted by molar-refractivity contribution is 9.10. The Morgan fingerprint density at radius 3 is 2.50 bits per heavy atom. The number of aryl methyl sites for hydroxylation is 1. The van der Waals surface area contributed by atoms with Crippen molar-refractivity contribution in [3.8, 4) is 5.75 Å². The maximum Gasteiger partial charge on any atom is 0.121 e. The number of piperazine rings is 1. The van der Waals surface area contributed by atoms with Gasteiger partial charge in [0.1, 0.15) is 5.75 Å². The van der Waals surface area contributed by atoms with Crippen molar-refractivity contribution in [1.82, 2.24) is 10.2 Å². The highest BCUT2D eigenvalue weighted by Crippen LogP contribution is 2.41. The van der Waals surface area contributed by atoms with Gasteiger partial charge in [0.05, 0.1) is 6.04 Å². The van der Waals surface area contributed by atoms with Gasteiger partial charge in [0.2, 0.25) is 0 Å². The summed E-state index contributed by atoms with van der Waals surface area (Å²) in [5.41, 5.74) is 3.24. The monoisotopic (exact) mass is 452 g/mol. The molecule has 1 aliphatic rings. The van der Waals surface area contributed by atoms with Gasteiger partial charge in [-0.3, -0.25) is 4.90 Å². The number of hydrogen-bond acceptors (Lipinski definition) is 4. The predicted octanol–water partition coefficient (Wildman–Crippen LogP) is 4.67. The highest BCUT2D eigenvalue weighted by atomic mass is 79.9. The first-order valence-electron chi connectivity index (χ1n) is 7.56. The van der Waals surface area contributed by atoms with Gasteiger partial charge in [-0.1, -0.05) is 22.0 Å². The van der Waals surface area contributed by atoms with Crippen molar-refractivity contribution in [2.75, 3.05) is 26.2 Å². The summed E-state index contributed by atoms with van der Waals surface area (Å²) in [4.78, 5) is 3.75. The molecular formula is C17H23BrCl2N2OS. The second-order valence-electron chi connectivity index (χ2n) is 5.77. The van der Waals surface area contributed by atoms with Crippen LogP contribution in [0.1, 0.15) is 27.6 Å². The Morgan fingerprint density at radius 2 is 1.92 bits per heavy atom. The number of nitrogens with one attached hydrogen (secondary N) is 1. The van der Waals surface area contributed by atoms with Crippen LogP contribution in [0.4, 0.5) is 0 Å². The third kappa shape index (κ3) is 4.26. The van der Waals surface area contributed by atoms with E-state index in [1.807, 2.05) is 13.0 Å². The number of phenolic OH excluding ortho intramolecular Hbond substituents is 1. The molecule has 3 rings (SSSR count). The Bertz CT molecular complexity index is 661. The van der Waals surface area contributed by atoms with Gasteiger partial charge < -0.3 is 10.4 Å². The maximum atomic E-state index is 10.6. The molecule has 134 valence electrons. The molecular weight excluding hydrogens is 431 g/mol. The van der Waals surface area contributed by atoms with Gasteiger partial charge in [-0.15, -0.1) is 36.2 Å². The molecule has 1 aromatic heterocycles. The molecule has 2 heterocycles. The van der Waals surface area contributed by atoms with Gasteiger partial charge in [0.15, 0.2) is 0 Å². The van der Waals surface area contributed by atoms with Gasteiger partial charge in [-0.25, -0.2) is 0 Å². The fourth-order valence-electron chi connectivity index (χ4n) is 3.19. The van der Waals surface area contributed by atoms with Gasteiger partial charge in [-0.2, -0.15) is 0 Å². The first-order chi connectivity index (χ1) is 10.6. The van der Waals surface area contributed by atoms with Gasteiger partial charge >= 0.3 is 0 Å². The molecule has 1 aliphatic heterocycles. The first kappa shape index (κ1) is 21.7. The van der Waals surface area contributed by atoms with E-state index in [-0.39, 0.29) is 30.9 Å². The number of phenols is 1. The van der Waals surface area contributed by atoms with Crippen molar-refractivity contribution in [1.29, 1.82) is 0 Å². The zero-order valence-electron chi connectivity index (χ0n) is 13.7. The molecule has 0 saturated carbocycles. The molecule has 1 aromatic carbocycles. The molecule has 2 aromatic rings. The van der Waals surface area contributed by atoms with Crippen molar-refractivity contribution < 1.29 is 5.11 Å². The topological polar surface area (TPSA) is 35.5 Å². The Hall–Kier alpha value is -0.300. The van der Waals surface area contributed by atoms with E-state index >= 15 is 0 Å². The smallest absolute Gasteiger partial charge is 0.121 e. The molecule has 2 N–H and O–H groups in total. The number of nitrogens with zero attached hydrogens (tertiary/aromatic N) is 1. The number of hydrogen-bond donors (Lipinski definition) is 2. The van der Waals surface area contributed by atoms with E-state index in [0.717, 1.165) is 47.3 Å². The maximum absolute atomic E-state index is 10.6. The average molecular weight is 454 g/mol. The zero-order valence-corrected chi connectivity index (χ0v) is 17.7. The van der Waals surface area contributed by atoms with Crippen LogP contribution < -0.4 is 5.32 Å². The van der Waals surface area contributed by atoms with Crippen LogP contribution in [0.3, 0.4) is 0 Å². The van der Waals surface area contributed by atoms with Crippen LogP contribution >= 0.6 is 52.1 Å². The van der Waals surface area contributed by atoms with E-state index < -0.39 is 0 Å². The van der Waals surface area contributed by atoms with Gasteiger partial charge in [0.25, 0.3) is 0 Å². The van der Waals surface area contributed by atoms with E-state index in [1.165, 1.54) is 4.88 Å². The van der Waals surface area contributed by atoms with Crippen LogP contribution in [0.15, 0.2) is 28.1 Å². The molecule has 1 saturated heterocycles.